The Hall–Kier alpha value is -2.55. The van der Waals surface area contributed by atoms with E-state index in [1.165, 1.54) is 16.7 Å². The van der Waals surface area contributed by atoms with E-state index in [4.69, 9.17) is 9.05 Å². The summed E-state index contributed by atoms with van der Waals surface area (Å²) < 4.78 is 22.6. The lowest BCUT2D eigenvalue weighted by atomic mass is 9.84. The number of hydrogen-bond acceptors (Lipinski definition) is 3. The zero-order valence-corrected chi connectivity index (χ0v) is 18.1. The van der Waals surface area contributed by atoms with Crippen LogP contribution in [0.4, 0.5) is 0 Å². The van der Waals surface area contributed by atoms with Gasteiger partial charge in [-0.15, -0.1) is 0 Å². The summed E-state index contributed by atoms with van der Waals surface area (Å²) in [5, 5.41) is 0. The minimum Gasteiger partial charge on any atom is -0.395 e. The smallest absolute Gasteiger partial charge is 0.395 e. The molecule has 3 aromatic rings. The lowest BCUT2D eigenvalue weighted by Crippen LogP contribution is -2.02. The Labute approximate surface area is 172 Å². The molecule has 0 radical (unpaired) electrons. The maximum Gasteiger partial charge on any atom is 0.584 e. The summed E-state index contributed by atoms with van der Waals surface area (Å²) in [7, 11) is -4.27. The zero-order valence-electron chi connectivity index (χ0n) is 17.2. The van der Waals surface area contributed by atoms with Crippen molar-refractivity contribution in [3.05, 3.63) is 83.9 Å². The van der Waals surface area contributed by atoms with Crippen LogP contribution in [0, 0.1) is 0 Å². The van der Waals surface area contributed by atoms with Crippen LogP contribution in [-0.4, -0.2) is 4.89 Å². The molecule has 5 heteroatoms. The first-order valence-corrected chi connectivity index (χ1v) is 11.3. The Morgan fingerprint density at radius 2 is 1.31 bits per heavy atom. The van der Waals surface area contributed by atoms with Crippen molar-refractivity contribution in [1.82, 2.24) is 0 Å². The van der Waals surface area contributed by atoms with Crippen LogP contribution in [0.5, 0.6) is 11.5 Å². The first-order chi connectivity index (χ1) is 13.8. The van der Waals surface area contributed by atoms with Gasteiger partial charge in [0, 0.05) is 0 Å². The van der Waals surface area contributed by atoms with Gasteiger partial charge in [0.15, 0.2) is 0 Å². The van der Waals surface area contributed by atoms with Gasteiger partial charge in [0.1, 0.15) is 11.5 Å². The Morgan fingerprint density at radius 3 is 1.86 bits per heavy atom. The molecule has 0 heterocycles. The molecule has 0 aliphatic rings. The normalized spacial score (nSPS) is 13.3. The lowest BCUT2D eigenvalue weighted by molar-refractivity contribution is 0.291. The molecule has 0 amide bonds. The van der Waals surface area contributed by atoms with Crippen molar-refractivity contribution in [2.45, 2.75) is 39.5 Å². The Kier molecular flexibility index (Phi) is 6.46. The first-order valence-electron chi connectivity index (χ1n) is 9.77. The average molecular weight is 410 g/mol. The van der Waals surface area contributed by atoms with Gasteiger partial charge in [0.05, 0.1) is 0 Å². The number of phosphoric ester groups is 1. The van der Waals surface area contributed by atoms with Crippen LogP contribution < -0.4 is 9.05 Å². The fourth-order valence-electron chi connectivity index (χ4n) is 3.44. The predicted octanol–water partition coefficient (Wildman–Crippen LogP) is 7.16. The van der Waals surface area contributed by atoms with Crippen molar-refractivity contribution in [2.75, 3.05) is 0 Å². The fourth-order valence-corrected chi connectivity index (χ4v) is 4.26. The third-order valence-corrected chi connectivity index (χ3v) is 5.57. The van der Waals surface area contributed by atoms with Crippen LogP contribution >= 0.6 is 7.82 Å². The summed E-state index contributed by atoms with van der Waals surface area (Å²) >= 11 is 0. The number of benzene rings is 3. The highest BCUT2D eigenvalue weighted by Crippen LogP contribution is 2.44. The minimum atomic E-state index is -4.27. The van der Waals surface area contributed by atoms with Crippen molar-refractivity contribution in [1.29, 1.82) is 0 Å². The van der Waals surface area contributed by atoms with E-state index in [0.29, 0.717) is 11.8 Å². The molecule has 0 aliphatic carbocycles. The maximum absolute atomic E-state index is 12.3. The van der Waals surface area contributed by atoms with Gasteiger partial charge >= 0.3 is 7.82 Å². The highest BCUT2D eigenvalue weighted by molar-refractivity contribution is 7.48. The van der Waals surface area contributed by atoms with Crippen molar-refractivity contribution < 1.29 is 18.5 Å². The van der Waals surface area contributed by atoms with E-state index in [1.54, 1.807) is 42.5 Å². The number of hydrogen-bond donors (Lipinski definition) is 1. The number of phosphoric acid groups is 1. The van der Waals surface area contributed by atoms with Crippen molar-refractivity contribution in [2.24, 2.45) is 0 Å². The molecule has 0 saturated carbocycles. The van der Waals surface area contributed by atoms with Gasteiger partial charge in [-0.3, -0.25) is 4.89 Å². The molecular formula is C24H27O4P. The maximum atomic E-state index is 12.3. The molecule has 1 atom stereocenters. The summed E-state index contributed by atoms with van der Waals surface area (Å²) in [5.74, 6) is 1.38. The lowest BCUT2D eigenvalue weighted by Gasteiger charge is -2.20. The van der Waals surface area contributed by atoms with E-state index in [0.717, 1.165) is 5.56 Å². The molecule has 152 valence electrons. The molecule has 3 rings (SSSR count). The number of para-hydroxylation sites is 1. The molecule has 0 aliphatic heterocycles. The van der Waals surface area contributed by atoms with Crippen LogP contribution in [0.25, 0.3) is 11.1 Å². The second-order valence-corrected chi connectivity index (χ2v) is 8.91. The standard InChI is InChI=1S/C24H27O4P/c1-17(2)22-11-8-12-23(24(22)18(3)4)19-13-15-21(16-14-19)28-29(25,26)27-20-9-6-5-7-10-20/h5-18H,1-4H3,(H,25,26). The molecule has 0 aromatic heterocycles. The predicted molar refractivity (Wildman–Crippen MR) is 118 cm³/mol. The summed E-state index contributed by atoms with van der Waals surface area (Å²) in [6.07, 6.45) is 0. The molecule has 1 N–H and O–H groups in total. The molecule has 29 heavy (non-hydrogen) atoms. The molecular weight excluding hydrogens is 383 g/mol. The minimum absolute atomic E-state index is 0.279. The average Bonchev–Trinajstić information content (AvgIpc) is 2.68. The van der Waals surface area contributed by atoms with Crippen LogP contribution in [0.3, 0.4) is 0 Å². The molecule has 4 nitrogen and oxygen atoms in total. The quantitative estimate of drug-likeness (QED) is 0.420. The van der Waals surface area contributed by atoms with Gasteiger partial charge < -0.3 is 9.05 Å². The summed E-state index contributed by atoms with van der Waals surface area (Å²) in [6, 6.07) is 22.0. The second-order valence-electron chi connectivity index (χ2n) is 7.61. The van der Waals surface area contributed by atoms with Gasteiger partial charge in [-0.2, -0.15) is 0 Å². The highest BCUT2D eigenvalue weighted by Gasteiger charge is 2.25. The van der Waals surface area contributed by atoms with Crippen molar-refractivity contribution >= 4 is 7.82 Å². The van der Waals surface area contributed by atoms with Gasteiger partial charge in [0.2, 0.25) is 0 Å². The zero-order chi connectivity index (χ0) is 21.0. The van der Waals surface area contributed by atoms with E-state index in [2.05, 4.69) is 45.9 Å². The van der Waals surface area contributed by atoms with E-state index in [1.807, 2.05) is 12.1 Å². The number of rotatable bonds is 7. The van der Waals surface area contributed by atoms with Crippen molar-refractivity contribution in [3.8, 4) is 22.6 Å². The molecule has 3 aromatic carbocycles. The van der Waals surface area contributed by atoms with Crippen LogP contribution in [0.2, 0.25) is 0 Å². The summed E-state index contributed by atoms with van der Waals surface area (Å²) in [6.45, 7) is 8.80. The Bertz CT molecular complexity index is 995. The van der Waals surface area contributed by atoms with Crippen LogP contribution in [0.1, 0.15) is 50.7 Å². The monoisotopic (exact) mass is 410 g/mol. The molecule has 1 unspecified atom stereocenters. The molecule has 0 bridgehead atoms. The molecule has 0 spiro atoms. The summed E-state index contributed by atoms with van der Waals surface area (Å²) in [5.41, 5.74) is 4.89. The molecule has 0 fully saturated rings. The SMILES string of the molecule is CC(C)c1cccc(-c2ccc(OP(=O)(O)Oc3ccccc3)cc2)c1C(C)C. The third kappa shape index (κ3) is 5.29. The van der Waals surface area contributed by atoms with E-state index in [-0.39, 0.29) is 11.5 Å². The Morgan fingerprint density at radius 1 is 0.724 bits per heavy atom. The van der Waals surface area contributed by atoms with Gasteiger partial charge in [-0.05, 0) is 58.4 Å². The topological polar surface area (TPSA) is 55.8 Å². The van der Waals surface area contributed by atoms with E-state index < -0.39 is 7.82 Å². The first kappa shape index (κ1) is 21.2. The van der Waals surface area contributed by atoms with Gasteiger partial charge in [0.25, 0.3) is 0 Å². The second kappa shape index (κ2) is 8.86. The summed E-state index contributed by atoms with van der Waals surface area (Å²) in [4.78, 5) is 10.0. The van der Waals surface area contributed by atoms with Gasteiger partial charge in [-0.1, -0.05) is 76.2 Å². The highest BCUT2D eigenvalue weighted by atomic mass is 31.2. The van der Waals surface area contributed by atoms with Crippen LogP contribution in [0.15, 0.2) is 72.8 Å². The van der Waals surface area contributed by atoms with Gasteiger partial charge in [-0.25, -0.2) is 4.57 Å². The molecule has 0 saturated heterocycles. The van der Waals surface area contributed by atoms with Crippen LogP contribution in [-0.2, 0) is 4.57 Å². The third-order valence-electron chi connectivity index (χ3n) is 4.69. The largest absolute Gasteiger partial charge is 0.584 e. The van der Waals surface area contributed by atoms with E-state index in [9.17, 15) is 9.46 Å². The van der Waals surface area contributed by atoms with E-state index >= 15 is 0 Å². The van der Waals surface area contributed by atoms with Crippen molar-refractivity contribution in [3.63, 3.8) is 0 Å². The fraction of sp³-hybridized carbons (Fsp3) is 0.250. The Balaban J connectivity index is 1.84.